The monoisotopic (exact) mass is 1160 g/mol. The van der Waals surface area contributed by atoms with Crippen molar-refractivity contribution in [3.8, 4) is 11.5 Å². The number of hydrogen-bond donors (Lipinski definition) is 17. The zero-order chi connectivity index (χ0) is 61.2. The summed E-state index contributed by atoms with van der Waals surface area (Å²) in [5, 5.41) is 42.9. The van der Waals surface area contributed by atoms with Crippen molar-refractivity contribution in [3.05, 3.63) is 59.7 Å². The minimum absolute atomic E-state index is 0.0185. The van der Waals surface area contributed by atoms with Crippen LogP contribution in [0.2, 0.25) is 0 Å². The highest BCUT2D eigenvalue weighted by Crippen LogP contribution is 2.24. The second kappa shape index (κ2) is 33.6. The fourth-order valence-corrected chi connectivity index (χ4v) is 9.48. The summed E-state index contributed by atoms with van der Waals surface area (Å²) in [6, 6.07) is 1.80. The van der Waals surface area contributed by atoms with Gasteiger partial charge in [-0.1, -0.05) is 24.3 Å². The van der Waals surface area contributed by atoms with Crippen LogP contribution < -0.4 is 78.2 Å². The van der Waals surface area contributed by atoms with Gasteiger partial charge in [-0.25, -0.2) is 4.79 Å². The molecule has 8 atom stereocenters. The molecule has 0 aromatic heterocycles. The Labute approximate surface area is 480 Å². The van der Waals surface area contributed by atoms with Crippen molar-refractivity contribution in [1.82, 2.24) is 36.4 Å². The second-order valence-electron chi connectivity index (χ2n) is 20.2. The number of benzene rings is 2. The number of phenols is 2. The van der Waals surface area contributed by atoms with E-state index in [1.807, 2.05) is 0 Å². The fourth-order valence-electron chi connectivity index (χ4n) is 9.48. The molecule has 2 fully saturated rings. The highest BCUT2D eigenvalue weighted by atomic mass is 16.4. The van der Waals surface area contributed by atoms with Crippen LogP contribution in [-0.4, -0.2) is 184 Å². The fraction of sp³-hybridized carbons (Fsp3) is 0.538. The number of aliphatic imine (C=N–C) groups is 4. The summed E-state index contributed by atoms with van der Waals surface area (Å²) < 4.78 is 0. The molecule has 31 heteroatoms. The van der Waals surface area contributed by atoms with Gasteiger partial charge in [-0.15, -0.1) is 0 Å². The van der Waals surface area contributed by atoms with Gasteiger partial charge >= 0.3 is 5.97 Å². The molecule has 83 heavy (non-hydrogen) atoms. The van der Waals surface area contributed by atoms with Crippen LogP contribution in [0.15, 0.2) is 68.5 Å². The predicted molar refractivity (Wildman–Crippen MR) is 308 cm³/mol. The first-order valence-electron chi connectivity index (χ1n) is 27.3. The average Bonchev–Trinajstić information content (AvgIpc) is 4.20. The second-order valence-corrected chi connectivity index (χ2v) is 20.2. The molecule has 2 heterocycles. The van der Waals surface area contributed by atoms with Gasteiger partial charge in [0.2, 0.25) is 41.4 Å². The molecule has 0 radical (unpaired) electrons. The molecule has 0 spiro atoms. The lowest BCUT2D eigenvalue weighted by molar-refractivity contribution is -0.145. The number of nitrogens with zero attached hydrogens (tertiary/aromatic N) is 6. The highest BCUT2D eigenvalue weighted by molar-refractivity contribution is 5.98. The summed E-state index contributed by atoms with van der Waals surface area (Å²) in [5.74, 6) is -7.29. The first-order chi connectivity index (χ1) is 39.4. The van der Waals surface area contributed by atoms with Gasteiger partial charge in [-0.2, -0.15) is 0 Å². The van der Waals surface area contributed by atoms with E-state index in [9.17, 15) is 53.7 Å². The number of carboxylic acid groups (broad SMARTS) is 1. The van der Waals surface area contributed by atoms with Crippen LogP contribution in [0.25, 0.3) is 0 Å². The van der Waals surface area contributed by atoms with E-state index in [1.165, 1.54) is 46.2 Å². The number of phenolic OH excluding ortho intramolecular Hbond substituents is 2. The van der Waals surface area contributed by atoms with Crippen LogP contribution in [-0.2, 0) is 51.2 Å². The number of nitrogens with one attached hydrogen (secondary N) is 5. The molecule has 31 nitrogen and oxygen atoms in total. The van der Waals surface area contributed by atoms with Gasteiger partial charge in [0.15, 0.2) is 23.8 Å². The van der Waals surface area contributed by atoms with Crippen LogP contribution in [0.4, 0.5) is 0 Å². The molecule has 2 aliphatic heterocycles. The van der Waals surface area contributed by atoms with Gasteiger partial charge in [0.05, 0.1) is 6.04 Å². The minimum atomic E-state index is -1.47. The number of likely N-dealkylation sites (tertiary alicyclic amines) is 2. The summed E-state index contributed by atoms with van der Waals surface area (Å²) >= 11 is 0. The maximum Gasteiger partial charge on any atom is 0.326 e. The highest BCUT2D eigenvalue weighted by Gasteiger charge is 2.42. The molecule has 0 saturated carbocycles. The third-order valence-corrected chi connectivity index (χ3v) is 13.7. The Hall–Kier alpha value is -9.16. The summed E-state index contributed by atoms with van der Waals surface area (Å²) in [4.78, 5) is 131. The van der Waals surface area contributed by atoms with Crippen LogP contribution in [0.3, 0.4) is 0 Å². The van der Waals surface area contributed by atoms with Crippen molar-refractivity contribution >= 4 is 71.2 Å². The first-order valence-corrected chi connectivity index (χ1v) is 27.3. The number of aliphatic carboxylic acids is 1. The summed E-state index contributed by atoms with van der Waals surface area (Å²) in [6.07, 6.45) is 1.58. The standard InChI is InChI=1S/C52H82N20O11/c53-33(27-29-13-17-31(73)18-14-29)41(75)68-36(9-3-23-64-51(58)59)46(80)72-26-6-12-40(72)45(79)69-37(10-4-24-65-52(60)61)47(81)71-25-5-11-39(71)44(78)67-35(8-2-22-63-50(56)57)42(76)66-34(7-1-21-62-49(54)55)43(77)70-38(48(82)83)28-30-15-19-32(74)20-16-30/h13-20,33-40,73-74H,1-12,21-28,53H2,(H,66,76)(H,67,78)(H,68,75)(H,69,79)(H,70,77)(H,82,83)(H4,54,55,62)(H4,56,57,63)(H4,58,59,64)(H4,60,61,65)/t33-,34-,35-,36-,37-,38-,39-,40-/m0/s1. The lowest BCUT2D eigenvalue weighted by atomic mass is 10.0. The van der Waals surface area contributed by atoms with Crippen molar-refractivity contribution in [3.63, 3.8) is 0 Å². The number of rotatable bonds is 33. The van der Waals surface area contributed by atoms with E-state index in [1.54, 1.807) is 12.1 Å². The Morgan fingerprint density at radius 3 is 1.18 bits per heavy atom. The normalized spacial score (nSPS) is 16.7. The molecule has 2 aliphatic rings. The van der Waals surface area contributed by atoms with Crippen molar-refractivity contribution in [2.45, 2.75) is 138 Å². The summed E-state index contributed by atoms with van der Waals surface area (Å²) in [5.41, 5.74) is 51.7. The maximum absolute atomic E-state index is 14.8. The van der Waals surface area contributed by atoms with Crippen LogP contribution in [0, 0.1) is 0 Å². The zero-order valence-electron chi connectivity index (χ0n) is 46.4. The lowest BCUT2D eigenvalue weighted by Gasteiger charge is -2.32. The van der Waals surface area contributed by atoms with Crippen LogP contribution in [0.5, 0.6) is 11.5 Å². The lowest BCUT2D eigenvalue weighted by Crippen LogP contribution is -2.59. The van der Waals surface area contributed by atoms with E-state index in [-0.39, 0.29) is 152 Å². The average molecular weight is 1160 g/mol. The molecule has 26 N–H and O–H groups in total. The first kappa shape index (κ1) is 66.4. The Balaban J connectivity index is 1.57. The van der Waals surface area contributed by atoms with Gasteiger partial charge in [0.25, 0.3) is 0 Å². The van der Waals surface area contributed by atoms with Gasteiger partial charge in [-0.3, -0.25) is 53.5 Å². The van der Waals surface area contributed by atoms with Crippen molar-refractivity contribution in [1.29, 1.82) is 0 Å². The van der Waals surface area contributed by atoms with Gasteiger partial charge in [-0.05, 0) is 119 Å². The van der Waals surface area contributed by atoms with Gasteiger partial charge in [0, 0.05) is 45.7 Å². The molecule has 7 amide bonds. The molecule has 2 aromatic carbocycles. The number of carbonyl (C=O) groups excluding carboxylic acids is 7. The Morgan fingerprint density at radius 2 is 0.795 bits per heavy atom. The van der Waals surface area contributed by atoms with Gasteiger partial charge < -0.3 is 103 Å². The van der Waals surface area contributed by atoms with E-state index in [0.29, 0.717) is 24.0 Å². The van der Waals surface area contributed by atoms with Gasteiger partial charge in [0.1, 0.15) is 53.8 Å². The predicted octanol–water partition coefficient (Wildman–Crippen LogP) is -5.08. The quantitative estimate of drug-likeness (QED) is 0.0181. The number of hydrogen-bond acceptors (Lipinski definition) is 15. The maximum atomic E-state index is 14.8. The molecule has 0 bridgehead atoms. The minimum Gasteiger partial charge on any atom is -0.508 e. The number of carboxylic acids is 1. The number of carbonyl (C=O) groups is 8. The van der Waals surface area contributed by atoms with E-state index in [2.05, 4.69) is 46.6 Å². The number of amides is 7. The molecular weight excluding hydrogens is 1080 g/mol. The Bertz CT molecular complexity index is 2640. The Morgan fingerprint density at radius 1 is 0.470 bits per heavy atom. The third-order valence-electron chi connectivity index (χ3n) is 13.7. The smallest absolute Gasteiger partial charge is 0.326 e. The number of guanidine groups is 4. The van der Waals surface area contributed by atoms with Crippen LogP contribution >= 0.6 is 0 Å². The summed E-state index contributed by atoms with van der Waals surface area (Å²) in [6.45, 7) is 0.457. The molecule has 0 unspecified atom stereocenters. The number of nitrogens with two attached hydrogens (primary N) is 9. The molecular formula is C52H82N20O11. The molecule has 0 aliphatic carbocycles. The van der Waals surface area contributed by atoms with Crippen molar-refractivity contribution in [2.75, 3.05) is 39.3 Å². The van der Waals surface area contributed by atoms with E-state index >= 15 is 0 Å². The van der Waals surface area contributed by atoms with E-state index < -0.39 is 95.7 Å². The topological polar surface area (TPSA) is 548 Å². The molecule has 4 rings (SSSR count). The third kappa shape index (κ3) is 22.7. The molecule has 456 valence electrons. The van der Waals surface area contributed by atoms with Crippen LogP contribution in [0.1, 0.15) is 88.2 Å². The Kier molecular flexibility index (Phi) is 26.8. The number of aromatic hydroxyl groups is 2. The molecule has 2 aromatic rings. The largest absolute Gasteiger partial charge is 0.508 e. The van der Waals surface area contributed by atoms with E-state index in [0.717, 1.165) is 0 Å². The SMILES string of the molecule is NC(N)=NCCC[C@H](NC(=O)[C@H](CCCN=C(N)N)NC(=O)[C@@H]1CCCN1C(=O)[C@H](CCCN=C(N)N)NC(=O)[C@@H]1CCCN1C(=O)[C@H](CCCN=C(N)N)NC(=O)[C@@H](N)Cc1ccc(O)cc1)C(=O)N[C@@H](Cc1ccc(O)cc1)C(=O)O. The van der Waals surface area contributed by atoms with Crippen molar-refractivity contribution in [2.24, 2.45) is 71.6 Å². The van der Waals surface area contributed by atoms with Crippen molar-refractivity contribution < 1.29 is 53.7 Å². The zero-order valence-corrected chi connectivity index (χ0v) is 46.4. The van der Waals surface area contributed by atoms with E-state index in [4.69, 9.17) is 51.6 Å². The molecule has 2 saturated heterocycles. The summed E-state index contributed by atoms with van der Waals surface area (Å²) in [7, 11) is 0.